The van der Waals surface area contributed by atoms with Crippen molar-refractivity contribution in [2.75, 3.05) is 0 Å². The Balaban J connectivity index is 1.91. The van der Waals surface area contributed by atoms with E-state index >= 15 is 0 Å². The van der Waals surface area contributed by atoms with Crippen LogP contribution in [0.5, 0.6) is 0 Å². The largest absolute Gasteiger partial charge is 0.447 e. The zero-order chi connectivity index (χ0) is 17.5. The van der Waals surface area contributed by atoms with Gasteiger partial charge in [0.25, 0.3) is 0 Å². The van der Waals surface area contributed by atoms with Gasteiger partial charge in [0, 0.05) is 10.9 Å². The van der Waals surface area contributed by atoms with Crippen molar-refractivity contribution in [1.82, 2.24) is 0 Å². The van der Waals surface area contributed by atoms with Crippen LogP contribution in [0, 0.1) is 22.7 Å². The number of rotatable bonds is 2. The van der Waals surface area contributed by atoms with E-state index in [1.54, 1.807) is 17.6 Å². The number of halogens is 2. The van der Waals surface area contributed by atoms with Gasteiger partial charge >= 0.3 is 0 Å². The first-order chi connectivity index (χ1) is 11.3. The molecule has 0 saturated carbocycles. The number of nitrogens with zero attached hydrogens (tertiary/aromatic N) is 2. The summed E-state index contributed by atoms with van der Waals surface area (Å²) in [5.41, 5.74) is 2.24. The maximum absolute atomic E-state index is 9.58. The summed E-state index contributed by atoms with van der Waals surface area (Å²) in [5, 5.41) is 10.4. The molecule has 0 N–H and O–H groups in total. The second-order valence-corrected chi connectivity index (χ2v) is 9.79. The third-order valence-electron chi connectivity index (χ3n) is 4.56. The van der Waals surface area contributed by atoms with Crippen LogP contribution in [-0.2, 0) is 12.8 Å². The quantitative estimate of drug-likeness (QED) is 0.462. The van der Waals surface area contributed by atoms with Crippen LogP contribution in [0.3, 0.4) is 0 Å². The van der Waals surface area contributed by atoms with Gasteiger partial charge in [-0.05, 0) is 68.0 Å². The number of furan rings is 1. The van der Waals surface area contributed by atoms with Gasteiger partial charge in [0.1, 0.15) is 16.8 Å². The minimum absolute atomic E-state index is 0.296. The Morgan fingerprint density at radius 2 is 2.17 bits per heavy atom. The molecule has 1 aliphatic carbocycles. The molecule has 0 radical (unpaired) electrons. The number of aliphatic imine (C=N–C) groups is 1. The van der Waals surface area contributed by atoms with Gasteiger partial charge < -0.3 is 4.42 Å². The SMILES string of the molecule is CC(C)(C)[C@@H]1CCc2c(sc(N=Cc3cc(Br)c(Br)o3)c2C#N)C1. The molecule has 0 unspecified atom stereocenters. The monoisotopic (exact) mass is 468 g/mol. The van der Waals surface area contributed by atoms with E-state index in [-0.39, 0.29) is 0 Å². The third-order valence-corrected chi connectivity index (χ3v) is 7.43. The first-order valence-electron chi connectivity index (χ1n) is 7.83. The number of hydrogen-bond donors (Lipinski definition) is 0. The van der Waals surface area contributed by atoms with Gasteiger partial charge in [-0.1, -0.05) is 20.8 Å². The number of fused-ring (bicyclic) bond motifs is 1. The van der Waals surface area contributed by atoms with E-state index in [2.05, 4.69) is 63.7 Å². The lowest BCUT2D eigenvalue weighted by Gasteiger charge is -2.33. The molecule has 0 fully saturated rings. The van der Waals surface area contributed by atoms with E-state index in [1.807, 2.05) is 6.07 Å². The van der Waals surface area contributed by atoms with Crippen LogP contribution < -0.4 is 0 Å². The van der Waals surface area contributed by atoms with Gasteiger partial charge in [0.05, 0.1) is 16.3 Å². The topological polar surface area (TPSA) is 49.3 Å². The maximum atomic E-state index is 9.58. The first kappa shape index (κ1) is 17.9. The summed E-state index contributed by atoms with van der Waals surface area (Å²) in [5.74, 6) is 1.31. The molecule has 0 saturated heterocycles. The smallest absolute Gasteiger partial charge is 0.184 e. The first-order valence-corrected chi connectivity index (χ1v) is 10.2. The molecule has 2 aromatic rings. The van der Waals surface area contributed by atoms with Crippen LogP contribution in [0.4, 0.5) is 5.00 Å². The molecule has 126 valence electrons. The molecule has 0 amide bonds. The summed E-state index contributed by atoms with van der Waals surface area (Å²) in [7, 11) is 0. The summed E-state index contributed by atoms with van der Waals surface area (Å²) >= 11 is 8.36. The van der Waals surface area contributed by atoms with Crippen molar-refractivity contribution in [2.24, 2.45) is 16.3 Å². The Hall–Kier alpha value is -0.900. The zero-order valence-corrected chi connectivity index (χ0v) is 17.8. The molecule has 2 aromatic heterocycles. The molecule has 2 heterocycles. The van der Waals surface area contributed by atoms with E-state index in [9.17, 15) is 5.26 Å². The van der Waals surface area contributed by atoms with Crippen molar-refractivity contribution in [3.63, 3.8) is 0 Å². The second kappa shape index (κ2) is 6.78. The lowest BCUT2D eigenvalue weighted by molar-refractivity contribution is 0.218. The average molecular weight is 470 g/mol. The highest BCUT2D eigenvalue weighted by atomic mass is 79.9. The highest BCUT2D eigenvalue weighted by molar-refractivity contribution is 9.13. The lowest BCUT2D eigenvalue weighted by atomic mass is 9.72. The summed E-state index contributed by atoms with van der Waals surface area (Å²) < 4.78 is 7.01. The van der Waals surface area contributed by atoms with Crippen LogP contribution in [-0.4, -0.2) is 6.21 Å². The average Bonchev–Trinajstić information content (AvgIpc) is 3.03. The fourth-order valence-electron chi connectivity index (χ4n) is 3.07. The summed E-state index contributed by atoms with van der Waals surface area (Å²) in [6.45, 7) is 6.90. The number of hydrogen-bond acceptors (Lipinski definition) is 4. The minimum atomic E-state index is 0.296. The number of thiophene rings is 1. The fraction of sp³-hybridized carbons (Fsp3) is 0.444. The van der Waals surface area contributed by atoms with E-state index in [4.69, 9.17) is 4.42 Å². The Morgan fingerprint density at radius 1 is 1.42 bits per heavy atom. The van der Waals surface area contributed by atoms with E-state index < -0.39 is 0 Å². The van der Waals surface area contributed by atoms with Crippen molar-refractivity contribution in [1.29, 1.82) is 5.26 Å². The molecule has 0 aliphatic heterocycles. The van der Waals surface area contributed by atoms with Crippen molar-refractivity contribution in [3.05, 3.63) is 37.0 Å². The molecule has 0 aromatic carbocycles. The summed E-state index contributed by atoms with van der Waals surface area (Å²) in [4.78, 5) is 5.86. The lowest BCUT2D eigenvalue weighted by Crippen LogP contribution is -2.26. The van der Waals surface area contributed by atoms with Gasteiger partial charge in [0.15, 0.2) is 4.67 Å². The third kappa shape index (κ3) is 3.54. The van der Waals surface area contributed by atoms with Crippen molar-refractivity contribution >= 4 is 54.4 Å². The molecule has 0 spiro atoms. The number of nitriles is 1. The van der Waals surface area contributed by atoms with E-state index in [0.717, 1.165) is 34.3 Å². The van der Waals surface area contributed by atoms with Crippen molar-refractivity contribution < 1.29 is 4.42 Å². The molecular formula is C18H18Br2N2OS. The van der Waals surface area contributed by atoms with Gasteiger partial charge in [-0.15, -0.1) is 11.3 Å². The van der Waals surface area contributed by atoms with Crippen LogP contribution in [0.25, 0.3) is 0 Å². The van der Waals surface area contributed by atoms with E-state index in [0.29, 0.717) is 21.8 Å². The standard InChI is InChI=1S/C18H18Br2N2OS/c1-18(2,3)10-4-5-12-13(8-21)17(24-15(12)6-10)22-9-11-7-14(19)16(20)23-11/h7,9-10H,4-6H2,1-3H3/t10-/m1/s1. The predicted molar refractivity (Wildman–Crippen MR) is 105 cm³/mol. The maximum Gasteiger partial charge on any atom is 0.184 e. The van der Waals surface area contributed by atoms with Crippen LogP contribution in [0.2, 0.25) is 0 Å². The Morgan fingerprint density at radius 3 is 2.75 bits per heavy atom. The molecule has 0 bridgehead atoms. The Kier molecular flexibility index (Phi) is 5.06. The zero-order valence-electron chi connectivity index (χ0n) is 13.8. The molecule has 6 heteroatoms. The van der Waals surface area contributed by atoms with Crippen molar-refractivity contribution in [3.8, 4) is 6.07 Å². The predicted octanol–water partition coefficient (Wildman–Crippen LogP) is 6.64. The van der Waals surface area contributed by atoms with Gasteiger partial charge in [-0.2, -0.15) is 5.26 Å². The fourth-order valence-corrected chi connectivity index (χ4v) is 4.90. The summed E-state index contributed by atoms with van der Waals surface area (Å²) in [6, 6.07) is 4.21. The van der Waals surface area contributed by atoms with Crippen molar-refractivity contribution in [2.45, 2.75) is 40.0 Å². The van der Waals surface area contributed by atoms with Gasteiger partial charge in [-0.3, -0.25) is 0 Å². The normalized spacial score (nSPS) is 17.9. The second-order valence-electron chi connectivity index (χ2n) is 7.13. The highest BCUT2D eigenvalue weighted by Gasteiger charge is 2.32. The summed E-state index contributed by atoms with van der Waals surface area (Å²) in [6.07, 6.45) is 4.84. The molecule has 3 rings (SSSR count). The van der Waals surface area contributed by atoms with Crippen LogP contribution in [0.1, 0.15) is 49.0 Å². The molecule has 1 atom stereocenters. The van der Waals surface area contributed by atoms with Gasteiger partial charge in [-0.25, -0.2) is 4.99 Å². The highest BCUT2D eigenvalue weighted by Crippen LogP contribution is 2.44. The van der Waals surface area contributed by atoms with E-state index in [1.165, 1.54) is 10.4 Å². The Labute approximate surface area is 163 Å². The van der Waals surface area contributed by atoms with Crippen LogP contribution in [0.15, 0.2) is 24.6 Å². The molecule has 3 nitrogen and oxygen atoms in total. The Bertz CT molecular complexity index is 817. The molecule has 24 heavy (non-hydrogen) atoms. The molecule has 1 aliphatic rings. The van der Waals surface area contributed by atoms with Gasteiger partial charge in [0.2, 0.25) is 0 Å². The minimum Gasteiger partial charge on any atom is -0.447 e. The van der Waals surface area contributed by atoms with Crippen LogP contribution >= 0.6 is 43.2 Å². The molecular weight excluding hydrogens is 452 g/mol.